The van der Waals surface area contributed by atoms with Gasteiger partial charge in [0.15, 0.2) is 0 Å². The van der Waals surface area contributed by atoms with E-state index in [-0.39, 0.29) is 7.91 Å². The quantitative estimate of drug-likeness (QED) is 0.562. The van der Waals surface area contributed by atoms with E-state index >= 15 is 0 Å². The molecule has 0 fully saturated rings. The van der Waals surface area contributed by atoms with Crippen molar-refractivity contribution in [3.05, 3.63) is 29.6 Å². The van der Waals surface area contributed by atoms with Crippen LogP contribution in [0.2, 0.25) is 19.6 Å². The summed E-state index contributed by atoms with van der Waals surface area (Å²) in [6.45, 7) is 7.34. The molecule has 54 valence electrons. The molecule has 0 amide bonds. The Labute approximate surface area is 65.2 Å². The molecule has 0 aromatic carbocycles. The van der Waals surface area contributed by atoms with E-state index in [0.717, 1.165) is 0 Å². The molecule has 0 spiro atoms. The molecule has 0 saturated heterocycles. The first-order valence-corrected chi connectivity index (χ1v) is 9.82. The van der Waals surface area contributed by atoms with Crippen LogP contribution in [-0.2, 0) is 0 Å². The lowest BCUT2D eigenvalue weighted by molar-refractivity contribution is 1.80. The van der Waals surface area contributed by atoms with Crippen molar-refractivity contribution in [2.75, 3.05) is 0 Å². The molecule has 1 aromatic rings. The van der Waals surface area contributed by atoms with Gasteiger partial charge in [-0.05, 0) is 0 Å². The molecule has 0 saturated carbocycles. The molecule has 1 aromatic heterocycles. The highest BCUT2D eigenvalue weighted by Crippen LogP contribution is 2.02. The normalized spacial score (nSPS) is 11.5. The van der Waals surface area contributed by atoms with Crippen molar-refractivity contribution in [2.24, 2.45) is 0 Å². The van der Waals surface area contributed by atoms with E-state index in [9.17, 15) is 0 Å². The third kappa shape index (κ3) is 1.89. The highest BCUT2D eigenvalue weighted by molar-refractivity contribution is 7.27. The largest absolute Gasteiger partial charge is 0.0802 e. The Hall–Kier alpha value is -0.216. The van der Waals surface area contributed by atoms with E-state index in [4.69, 9.17) is 0 Å². The Balaban J connectivity index is 2.97. The van der Waals surface area contributed by atoms with Crippen molar-refractivity contribution >= 4 is 15.5 Å². The smallest absolute Gasteiger partial charge is 0.0597 e. The first-order chi connectivity index (χ1) is 4.61. The summed E-state index contributed by atoms with van der Waals surface area (Å²) in [6.07, 6.45) is 0. The van der Waals surface area contributed by atoms with Crippen LogP contribution in [0.15, 0.2) is 29.6 Å². The number of hydrogen-bond donors (Lipinski definition) is 0. The second kappa shape index (κ2) is 2.80. The number of hydrogen-bond acceptors (Lipinski definition) is 0. The standard InChI is InChI=1S/C8H14Si2/c1-10(2,3)9-7-5-4-6-8-9/h4-8H,1-3H3. The van der Waals surface area contributed by atoms with Gasteiger partial charge in [-0.15, -0.1) is 0 Å². The summed E-state index contributed by atoms with van der Waals surface area (Å²) in [5, 5.41) is 0. The monoisotopic (exact) mass is 166 g/mol. The predicted octanol–water partition coefficient (Wildman–Crippen LogP) is 2.40. The summed E-state index contributed by atoms with van der Waals surface area (Å²) < 4.78 is 0. The third-order valence-corrected chi connectivity index (χ3v) is 10.7. The van der Waals surface area contributed by atoms with Crippen LogP contribution in [0.25, 0.3) is 0 Å². The molecule has 0 bridgehead atoms. The van der Waals surface area contributed by atoms with Gasteiger partial charge in [0.25, 0.3) is 0 Å². The Bertz CT molecular complexity index is 198. The van der Waals surface area contributed by atoms with Crippen LogP contribution in [0.3, 0.4) is 0 Å². The van der Waals surface area contributed by atoms with Gasteiger partial charge < -0.3 is 0 Å². The van der Waals surface area contributed by atoms with E-state index in [2.05, 4.69) is 49.2 Å². The predicted molar refractivity (Wildman–Crippen MR) is 51.1 cm³/mol. The molecule has 0 aliphatic heterocycles. The Morgan fingerprint density at radius 3 is 1.70 bits per heavy atom. The molecule has 0 aliphatic rings. The highest BCUT2D eigenvalue weighted by Gasteiger charge is 2.15. The molecular formula is C8H14Si2. The lowest BCUT2D eigenvalue weighted by Crippen LogP contribution is -2.32. The molecule has 0 aliphatic carbocycles. The van der Waals surface area contributed by atoms with Crippen molar-refractivity contribution < 1.29 is 0 Å². The fourth-order valence-corrected chi connectivity index (χ4v) is 6.26. The zero-order valence-electron chi connectivity index (χ0n) is 6.89. The summed E-state index contributed by atoms with van der Waals surface area (Å²) in [5.41, 5.74) is 4.83. The lowest BCUT2D eigenvalue weighted by atomic mass is 10.6. The zero-order valence-corrected chi connectivity index (χ0v) is 8.89. The highest BCUT2D eigenvalue weighted by atomic mass is 29.2. The van der Waals surface area contributed by atoms with E-state index < -0.39 is 7.59 Å². The first kappa shape index (κ1) is 7.89. The molecule has 0 atom stereocenters. The average Bonchev–Trinajstić information content (AvgIpc) is 1.88. The second-order valence-corrected chi connectivity index (χ2v) is 15.9. The van der Waals surface area contributed by atoms with E-state index in [0.29, 0.717) is 0 Å². The van der Waals surface area contributed by atoms with Gasteiger partial charge in [-0.3, -0.25) is 0 Å². The minimum absolute atomic E-state index is 0.217. The second-order valence-electron chi connectivity index (χ2n) is 3.62. The van der Waals surface area contributed by atoms with Gasteiger partial charge in [0.05, 0.1) is 7.59 Å². The Morgan fingerprint density at radius 1 is 0.900 bits per heavy atom. The van der Waals surface area contributed by atoms with Gasteiger partial charge in [0.2, 0.25) is 0 Å². The average molecular weight is 166 g/mol. The maximum absolute atomic E-state index is 2.45. The minimum Gasteiger partial charge on any atom is -0.0802 e. The van der Waals surface area contributed by atoms with Crippen LogP contribution in [0.4, 0.5) is 0 Å². The molecule has 1 heterocycles. The molecule has 0 unspecified atom stereocenters. The van der Waals surface area contributed by atoms with Crippen molar-refractivity contribution in [1.29, 1.82) is 0 Å². The van der Waals surface area contributed by atoms with Gasteiger partial charge in [-0.2, -0.15) is 0 Å². The fourth-order valence-electron chi connectivity index (χ4n) is 0.938. The van der Waals surface area contributed by atoms with Gasteiger partial charge in [0, 0.05) is 7.91 Å². The van der Waals surface area contributed by atoms with E-state index in [1.54, 1.807) is 0 Å². The molecule has 1 rings (SSSR count). The van der Waals surface area contributed by atoms with E-state index in [1.807, 2.05) is 0 Å². The third-order valence-electron chi connectivity index (χ3n) is 1.64. The summed E-state index contributed by atoms with van der Waals surface area (Å²) in [5.74, 6) is 0. The first-order valence-electron chi connectivity index (χ1n) is 3.66. The maximum atomic E-state index is 2.45. The molecule has 0 N–H and O–H groups in total. The zero-order chi connectivity index (χ0) is 7.61. The van der Waals surface area contributed by atoms with Gasteiger partial charge in [-0.25, -0.2) is 0 Å². The van der Waals surface area contributed by atoms with Crippen molar-refractivity contribution in [1.82, 2.24) is 0 Å². The summed E-state index contributed by atoms with van der Waals surface area (Å²) in [6, 6.07) is 6.52. The van der Waals surface area contributed by atoms with Crippen LogP contribution in [-0.4, -0.2) is 15.5 Å². The summed E-state index contributed by atoms with van der Waals surface area (Å²) in [7, 11) is -1.07. The number of rotatable bonds is 1. The van der Waals surface area contributed by atoms with Gasteiger partial charge in [-0.1, -0.05) is 49.2 Å². The van der Waals surface area contributed by atoms with Gasteiger partial charge in [0.1, 0.15) is 0 Å². The van der Waals surface area contributed by atoms with Crippen LogP contribution in [0.1, 0.15) is 0 Å². The maximum Gasteiger partial charge on any atom is 0.0597 e. The van der Waals surface area contributed by atoms with Crippen molar-refractivity contribution in [3.63, 3.8) is 0 Å². The minimum atomic E-state index is -0.848. The van der Waals surface area contributed by atoms with Crippen molar-refractivity contribution in [3.8, 4) is 0 Å². The summed E-state index contributed by atoms with van der Waals surface area (Å²) in [4.78, 5) is 0. The van der Waals surface area contributed by atoms with Crippen LogP contribution < -0.4 is 0 Å². The Kier molecular flexibility index (Phi) is 2.21. The Morgan fingerprint density at radius 2 is 1.40 bits per heavy atom. The molecule has 0 nitrogen and oxygen atoms in total. The van der Waals surface area contributed by atoms with Crippen LogP contribution >= 0.6 is 0 Å². The van der Waals surface area contributed by atoms with Crippen LogP contribution in [0, 0.1) is 0 Å². The summed E-state index contributed by atoms with van der Waals surface area (Å²) >= 11 is 0. The van der Waals surface area contributed by atoms with Crippen LogP contribution in [0.5, 0.6) is 0 Å². The molecule has 0 radical (unpaired) electrons. The fraction of sp³-hybridized carbons (Fsp3) is 0.375. The lowest BCUT2D eigenvalue weighted by Gasteiger charge is -2.14. The molecule has 10 heavy (non-hydrogen) atoms. The SMILES string of the molecule is C[Si](C)(C)[si]1ccccc1. The molecule has 2 heteroatoms. The topological polar surface area (TPSA) is 0 Å². The molecular weight excluding hydrogens is 152 g/mol. The van der Waals surface area contributed by atoms with E-state index in [1.165, 1.54) is 0 Å². The van der Waals surface area contributed by atoms with Crippen molar-refractivity contribution in [2.45, 2.75) is 19.6 Å². The van der Waals surface area contributed by atoms with Gasteiger partial charge >= 0.3 is 0 Å².